The highest BCUT2D eigenvalue weighted by Gasteiger charge is 2.23. The molecule has 5 heteroatoms. The van der Waals surface area contributed by atoms with Gasteiger partial charge in [0.05, 0.1) is 6.61 Å². The molecule has 0 saturated carbocycles. The second-order valence-corrected chi connectivity index (χ2v) is 5.36. The first kappa shape index (κ1) is 14.8. The summed E-state index contributed by atoms with van der Waals surface area (Å²) in [6.45, 7) is 6.61. The Bertz CT molecular complexity index is 474. The van der Waals surface area contributed by atoms with Crippen LogP contribution in [0.25, 0.3) is 0 Å². The van der Waals surface area contributed by atoms with Crippen LogP contribution in [-0.2, 0) is 22.4 Å². The van der Waals surface area contributed by atoms with E-state index in [9.17, 15) is 4.79 Å². The van der Waals surface area contributed by atoms with Crippen molar-refractivity contribution in [2.45, 2.75) is 52.5 Å². The monoisotopic (exact) mass is 277 g/mol. The zero-order valence-corrected chi connectivity index (χ0v) is 12.6. The van der Waals surface area contributed by atoms with E-state index in [1.807, 2.05) is 11.8 Å². The first-order valence-corrected chi connectivity index (χ1v) is 7.38. The molecule has 0 atom stereocenters. The summed E-state index contributed by atoms with van der Waals surface area (Å²) in [6, 6.07) is 0.195. The van der Waals surface area contributed by atoms with Crippen LogP contribution in [0.2, 0.25) is 0 Å². The first-order chi connectivity index (χ1) is 9.63. The molecule has 0 amide bonds. The van der Waals surface area contributed by atoms with Crippen molar-refractivity contribution in [2.24, 2.45) is 0 Å². The summed E-state index contributed by atoms with van der Waals surface area (Å²) in [4.78, 5) is 22.6. The number of rotatable bonds is 5. The molecular formula is C15H23N3O2. The third-order valence-electron chi connectivity index (χ3n) is 3.60. The van der Waals surface area contributed by atoms with Crippen LogP contribution in [0.1, 0.15) is 44.9 Å². The van der Waals surface area contributed by atoms with Gasteiger partial charge in [0, 0.05) is 17.3 Å². The Morgan fingerprint density at radius 1 is 1.35 bits per heavy atom. The molecule has 0 radical (unpaired) electrons. The van der Waals surface area contributed by atoms with Gasteiger partial charge in [-0.15, -0.1) is 0 Å². The summed E-state index contributed by atoms with van der Waals surface area (Å²) in [7, 11) is 0. The van der Waals surface area contributed by atoms with E-state index < -0.39 is 0 Å². The molecule has 110 valence electrons. The lowest BCUT2D eigenvalue weighted by molar-refractivity contribution is -0.141. The Balaban J connectivity index is 2.27. The van der Waals surface area contributed by atoms with Crippen LogP contribution in [0.15, 0.2) is 6.33 Å². The van der Waals surface area contributed by atoms with Gasteiger partial charge < -0.3 is 9.64 Å². The lowest BCUT2D eigenvalue weighted by atomic mass is 9.96. The van der Waals surface area contributed by atoms with Crippen molar-refractivity contribution >= 4 is 11.8 Å². The van der Waals surface area contributed by atoms with Crippen molar-refractivity contribution in [1.82, 2.24) is 9.97 Å². The van der Waals surface area contributed by atoms with Crippen LogP contribution in [0.3, 0.4) is 0 Å². The summed E-state index contributed by atoms with van der Waals surface area (Å²) in [5.74, 6) is 0.696. The number of fused-ring (bicyclic) bond motifs is 1. The Morgan fingerprint density at radius 2 is 2.10 bits per heavy atom. The van der Waals surface area contributed by atoms with Gasteiger partial charge in [0.1, 0.15) is 18.7 Å². The van der Waals surface area contributed by atoms with E-state index >= 15 is 0 Å². The van der Waals surface area contributed by atoms with Gasteiger partial charge in [-0.25, -0.2) is 9.97 Å². The van der Waals surface area contributed by atoms with Crippen LogP contribution in [0, 0.1) is 0 Å². The smallest absolute Gasteiger partial charge is 0.325 e. The number of hydrogen-bond acceptors (Lipinski definition) is 5. The van der Waals surface area contributed by atoms with Crippen molar-refractivity contribution in [3.05, 3.63) is 17.6 Å². The van der Waals surface area contributed by atoms with Gasteiger partial charge >= 0.3 is 5.97 Å². The molecule has 0 spiro atoms. The van der Waals surface area contributed by atoms with Crippen molar-refractivity contribution in [2.75, 3.05) is 18.1 Å². The fourth-order valence-corrected chi connectivity index (χ4v) is 2.60. The number of hydrogen-bond donors (Lipinski definition) is 0. The fraction of sp³-hybridized carbons (Fsp3) is 0.667. The normalized spacial score (nSPS) is 14.0. The van der Waals surface area contributed by atoms with E-state index in [4.69, 9.17) is 4.74 Å². The molecule has 0 unspecified atom stereocenters. The van der Waals surface area contributed by atoms with E-state index in [2.05, 4.69) is 23.8 Å². The molecule has 5 nitrogen and oxygen atoms in total. The predicted molar refractivity (Wildman–Crippen MR) is 77.8 cm³/mol. The highest BCUT2D eigenvalue weighted by molar-refractivity contribution is 5.76. The van der Waals surface area contributed by atoms with Crippen molar-refractivity contribution in [1.29, 1.82) is 0 Å². The average Bonchev–Trinajstić information content (AvgIpc) is 2.44. The van der Waals surface area contributed by atoms with Crippen LogP contribution in [0.5, 0.6) is 0 Å². The average molecular weight is 277 g/mol. The van der Waals surface area contributed by atoms with Gasteiger partial charge in [-0.05, 0) is 46.5 Å². The van der Waals surface area contributed by atoms with Gasteiger partial charge in [0.2, 0.25) is 0 Å². The minimum absolute atomic E-state index is 0.195. The third-order valence-corrected chi connectivity index (χ3v) is 3.60. The largest absolute Gasteiger partial charge is 0.465 e. The van der Waals surface area contributed by atoms with Crippen LogP contribution >= 0.6 is 0 Å². The standard InChI is InChI=1S/C15H23N3O2/c1-4-20-14(19)9-18(11(2)3)15-12-7-5-6-8-13(12)16-10-17-15/h10-11H,4-9H2,1-3H3. The van der Waals surface area contributed by atoms with E-state index in [1.165, 1.54) is 18.4 Å². The number of anilines is 1. The molecule has 1 heterocycles. The minimum Gasteiger partial charge on any atom is -0.465 e. The van der Waals surface area contributed by atoms with Gasteiger partial charge in [-0.2, -0.15) is 0 Å². The SMILES string of the molecule is CCOC(=O)CN(c1ncnc2c1CCCC2)C(C)C. The maximum absolute atomic E-state index is 11.8. The third kappa shape index (κ3) is 3.26. The van der Waals surface area contributed by atoms with E-state index in [0.717, 1.165) is 24.4 Å². The van der Waals surface area contributed by atoms with Gasteiger partial charge in [-0.3, -0.25) is 4.79 Å². The highest BCUT2D eigenvalue weighted by Crippen LogP contribution is 2.28. The lowest BCUT2D eigenvalue weighted by Gasteiger charge is -2.30. The summed E-state index contributed by atoms with van der Waals surface area (Å²) < 4.78 is 5.06. The molecule has 0 fully saturated rings. The number of aromatic nitrogens is 2. The Hall–Kier alpha value is -1.65. The molecule has 0 bridgehead atoms. The van der Waals surface area contributed by atoms with Gasteiger partial charge in [-0.1, -0.05) is 0 Å². The predicted octanol–water partition coefficient (Wildman–Crippen LogP) is 2.13. The lowest BCUT2D eigenvalue weighted by Crippen LogP contribution is -2.38. The first-order valence-electron chi connectivity index (χ1n) is 7.38. The maximum Gasteiger partial charge on any atom is 0.325 e. The summed E-state index contributed by atoms with van der Waals surface area (Å²) in [5.41, 5.74) is 2.34. The van der Waals surface area contributed by atoms with Crippen LogP contribution in [0.4, 0.5) is 5.82 Å². The molecule has 0 N–H and O–H groups in total. The molecule has 20 heavy (non-hydrogen) atoms. The number of carbonyl (C=O) groups is 1. The minimum atomic E-state index is -0.204. The summed E-state index contributed by atoms with van der Waals surface area (Å²) in [5, 5.41) is 0. The topological polar surface area (TPSA) is 55.3 Å². The van der Waals surface area contributed by atoms with E-state index in [0.29, 0.717) is 6.61 Å². The zero-order chi connectivity index (χ0) is 14.5. The molecule has 1 aliphatic rings. The van der Waals surface area contributed by atoms with Crippen LogP contribution < -0.4 is 4.90 Å². The van der Waals surface area contributed by atoms with Gasteiger partial charge in [0.25, 0.3) is 0 Å². The van der Waals surface area contributed by atoms with E-state index in [1.54, 1.807) is 6.33 Å². The fourth-order valence-electron chi connectivity index (χ4n) is 2.60. The molecule has 0 aliphatic heterocycles. The molecule has 1 aliphatic carbocycles. The highest BCUT2D eigenvalue weighted by atomic mass is 16.5. The second-order valence-electron chi connectivity index (χ2n) is 5.36. The number of esters is 1. The number of ether oxygens (including phenoxy) is 1. The molecule has 0 saturated heterocycles. The zero-order valence-electron chi connectivity index (χ0n) is 12.6. The Labute approximate surface area is 120 Å². The van der Waals surface area contributed by atoms with Crippen molar-refractivity contribution in [3.63, 3.8) is 0 Å². The van der Waals surface area contributed by atoms with Crippen molar-refractivity contribution < 1.29 is 9.53 Å². The quantitative estimate of drug-likeness (QED) is 0.772. The van der Waals surface area contributed by atoms with E-state index in [-0.39, 0.29) is 18.6 Å². The summed E-state index contributed by atoms with van der Waals surface area (Å²) in [6.07, 6.45) is 5.97. The van der Waals surface area contributed by atoms with Crippen molar-refractivity contribution in [3.8, 4) is 0 Å². The molecule has 1 aromatic heterocycles. The molecule has 0 aromatic carbocycles. The summed E-state index contributed by atoms with van der Waals surface area (Å²) >= 11 is 0. The maximum atomic E-state index is 11.8. The number of nitrogens with zero attached hydrogens (tertiary/aromatic N) is 3. The number of carbonyl (C=O) groups excluding carboxylic acids is 1. The number of aryl methyl sites for hydroxylation is 1. The molecular weight excluding hydrogens is 254 g/mol. The molecule has 2 rings (SSSR count). The molecule has 1 aromatic rings. The Morgan fingerprint density at radius 3 is 2.80 bits per heavy atom. The van der Waals surface area contributed by atoms with Crippen LogP contribution in [-0.4, -0.2) is 35.1 Å². The Kier molecular flexibility index (Phi) is 4.93. The van der Waals surface area contributed by atoms with Gasteiger partial charge in [0.15, 0.2) is 0 Å². The second kappa shape index (κ2) is 6.68.